The van der Waals surface area contributed by atoms with E-state index in [0.29, 0.717) is 0 Å². The van der Waals surface area contributed by atoms with Gasteiger partial charge in [0.1, 0.15) is 5.82 Å². The van der Waals surface area contributed by atoms with Gasteiger partial charge in [-0.15, -0.1) is 0 Å². The van der Waals surface area contributed by atoms with Crippen molar-refractivity contribution in [1.82, 2.24) is 4.98 Å². The molecule has 2 aromatic rings. The van der Waals surface area contributed by atoms with Gasteiger partial charge in [0.05, 0.1) is 17.6 Å². The number of nitrogens with zero attached hydrogens (tertiary/aromatic N) is 4. The molecule has 0 saturated heterocycles. The van der Waals surface area contributed by atoms with Gasteiger partial charge in [0.25, 0.3) is 0 Å². The fraction of sp³-hybridized carbons (Fsp3) is 0.0714. The first-order valence-corrected chi connectivity index (χ1v) is 5.87. The van der Waals surface area contributed by atoms with Crippen LogP contribution in [0.4, 0.5) is 11.5 Å². The van der Waals surface area contributed by atoms with Crippen LogP contribution in [0.2, 0.25) is 0 Å². The zero-order valence-corrected chi connectivity index (χ0v) is 9.61. The number of pyridine rings is 1. The molecular formula is C14H10N4. The van der Waals surface area contributed by atoms with Crippen molar-refractivity contribution in [3.63, 3.8) is 0 Å². The van der Waals surface area contributed by atoms with E-state index in [2.05, 4.69) is 25.9 Å². The third-order valence-corrected chi connectivity index (χ3v) is 3.16. The number of anilines is 1. The zero-order chi connectivity index (χ0) is 11.9. The van der Waals surface area contributed by atoms with E-state index < -0.39 is 0 Å². The summed E-state index contributed by atoms with van der Waals surface area (Å²) < 4.78 is 0. The monoisotopic (exact) mass is 234 g/mol. The number of fused-ring (bicyclic) bond motifs is 4. The maximum absolute atomic E-state index is 4.64. The Morgan fingerprint density at radius 3 is 3.00 bits per heavy atom. The quantitative estimate of drug-likeness (QED) is 0.682. The highest BCUT2D eigenvalue weighted by Gasteiger charge is 2.21. The minimum atomic E-state index is 0.755. The summed E-state index contributed by atoms with van der Waals surface area (Å²) in [6.45, 7) is 0.776. The summed E-state index contributed by atoms with van der Waals surface area (Å²) in [5.41, 5.74) is 1.02. The fourth-order valence-corrected chi connectivity index (χ4v) is 2.35. The molecular weight excluding hydrogens is 224 g/mol. The van der Waals surface area contributed by atoms with Gasteiger partial charge in [-0.2, -0.15) is 0 Å². The van der Waals surface area contributed by atoms with Crippen LogP contribution >= 0.6 is 0 Å². The zero-order valence-electron chi connectivity index (χ0n) is 9.61. The number of aliphatic imine (C=N–C) groups is 1. The van der Waals surface area contributed by atoms with Crippen LogP contribution in [0.1, 0.15) is 0 Å². The topological polar surface area (TPSA) is 40.9 Å². The number of hydrogen-bond donors (Lipinski definition) is 0. The Morgan fingerprint density at radius 1 is 1.06 bits per heavy atom. The smallest absolute Gasteiger partial charge is 0.176 e. The molecule has 0 bridgehead atoms. The van der Waals surface area contributed by atoms with Crippen molar-refractivity contribution in [2.45, 2.75) is 0 Å². The number of benzene rings is 1. The fourth-order valence-electron chi connectivity index (χ4n) is 2.35. The van der Waals surface area contributed by atoms with Crippen LogP contribution in [-0.4, -0.2) is 17.7 Å². The number of hydrogen-bond acceptors (Lipinski definition) is 4. The predicted octanol–water partition coefficient (Wildman–Crippen LogP) is 1.00. The molecule has 2 aliphatic heterocycles. The summed E-state index contributed by atoms with van der Waals surface area (Å²) in [5, 5.41) is 1.98. The van der Waals surface area contributed by atoms with Gasteiger partial charge in [0.2, 0.25) is 0 Å². The summed E-state index contributed by atoms with van der Waals surface area (Å²) >= 11 is 0. The van der Waals surface area contributed by atoms with Crippen LogP contribution in [0.5, 0.6) is 0 Å². The number of aromatic nitrogens is 1. The minimum absolute atomic E-state index is 0.755. The molecule has 4 heteroatoms. The maximum Gasteiger partial charge on any atom is 0.176 e. The van der Waals surface area contributed by atoms with Gasteiger partial charge in [0.15, 0.2) is 5.82 Å². The van der Waals surface area contributed by atoms with Crippen LogP contribution < -0.4 is 15.5 Å². The first-order valence-electron chi connectivity index (χ1n) is 5.87. The lowest BCUT2D eigenvalue weighted by Gasteiger charge is -2.17. The van der Waals surface area contributed by atoms with Gasteiger partial charge in [-0.3, -0.25) is 0 Å². The largest absolute Gasteiger partial charge is 0.317 e. The molecule has 0 unspecified atom stereocenters. The van der Waals surface area contributed by atoms with E-state index in [1.165, 1.54) is 0 Å². The van der Waals surface area contributed by atoms with Crippen LogP contribution in [-0.2, 0) is 0 Å². The molecule has 4 nitrogen and oxygen atoms in total. The van der Waals surface area contributed by atoms with E-state index in [-0.39, 0.29) is 0 Å². The molecule has 0 saturated carbocycles. The molecule has 0 spiro atoms. The van der Waals surface area contributed by atoms with Gasteiger partial charge in [-0.05, 0) is 24.3 Å². The van der Waals surface area contributed by atoms with Crippen LogP contribution in [0, 0.1) is 0 Å². The highest BCUT2D eigenvalue weighted by molar-refractivity contribution is 5.88. The maximum atomic E-state index is 4.64. The first kappa shape index (κ1) is 9.53. The third-order valence-electron chi connectivity index (χ3n) is 3.16. The lowest BCUT2D eigenvalue weighted by Crippen LogP contribution is -2.30. The Kier molecular flexibility index (Phi) is 1.85. The van der Waals surface area contributed by atoms with Crippen molar-refractivity contribution in [2.24, 2.45) is 9.98 Å². The van der Waals surface area contributed by atoms with E-state index >= 15 is 0 Å². The van der Waals surface area contributed by atoms with E-state index in [0.717, 1.165) is 34.4 Å². The molecule has 1 aromatic heterocycles. The van der Waals surface area contributed by atoms with Gasteiger partial charge in [0, 0.05) is 17.6 Å². The molecule has 0 aliphatic carbocycles. The van der Waals surface area contributed by atoms with Crippen molar-refractivity contribution < 1.29 is 0 Å². The van der Waals surface area contributed by atoms with Crippen molar-refractivity contribution in [2.75, 3.05) is 11.4 Å². The van der Waals surface area contributed by atoms with E-state index in [9.17, 15) is 0 Å². The Balaban J connectivity index is 2.19. The molecule has 1 aromatic carbocycles. The Bertz CT molecular complexity index is 776. The molecule has 4 rings (SSSR count). The van der Waals surface area contributed by atoms with Crippen LogP contribution in [0.3, 0.4) is 0 Å². The molecule has 0 amide bonds. The minimum Gasteiger partial charge on any atom is -0.317 e. The Labute approximate surface area is 104 Å². The summed E-state index contributed by atoms with van der Waals surface area (Å²) in [6, 6.07) is 12.0. The Hall–Kier alpha value is -2.49. The van der Waals surface area contributed by atoms with E-state index in [4.69, 9.17) is 0 Å². The summed E-state index contributed by atoms with van der Waals surface area (Å²) in [7, 11) is 0. The second-order valence-corrected chi connectivity index (χ2v) is 4.22. The van der Waals surface area contributed by atoms with Crippen molar-refractivity contribution >= 4 is 23.5 Å². The van der Waals surface area contributed by atoms with Crippen LogP contribution in [0.25, 0.3) is 5.82 Å². The highest BCUT2D eigenvalue weighted by atomic mass is 15.3. The molecule has 0 N–H and O–H groups in total. The van der Waals surface area contributed by atoms with Crippen molar-refractivity contribution in [3.05, 3.63) is 53.2 Å². The van der Waals surface area contributed by atoms with E-state index in [1.54, 1.807) is 6.20 Å². The predicted molar refractivity (Wildman–Crippen MR) is 70.4 cm³/mol. The van der Waals surface area contributed by atoms with Gasteiger partial charge in [-0.25, -0.2) is 15.0 Å². The number of para-hydroxylation sites is 1. The average molecular weight is 234 g/mol. The standard InChI is InChI=1S/C14H10N4/c1-2-5-11-10(4-1)14-16-8-9-18(14)12-6-3-7-15-13(12)17-11/h1-8H,9H2. The normalized spacial score (nSPS) is 15.6. The first-order chi connectivity index (χ1) is 8.93. The third kappa shape index (κ3) is 1.23. The van der Waals surface area contributed by atoms with Crippen LogP contribution in [0.15, 0.2) is 52.6 Å². The van der Waals surface area contributed by atoms with Gasteiger partial charge in [-0.1, -0.05) is 12.1 Å². The summed E-state index contributed by atoms with van der Waals surface area (Å²) in [5.74, 6) is 1.71. The lowest BCUT2D eigenvalue weighted by atomic mass is 10.2. The SMILES string of the molecule is C1=NC2=c3ccccc3=Nc3ncccc3N2C1. The van der Waals surface area contributed by atoms with E-state index in [1.807, 2.05) is 36.5 Å². The molecule has 2 aliphatic rings. The molecule has 86 valence electrons. The number of rotatable bonds is 0. The lowest BCUT2D eigenvalue weighted by molar-refractivity contribution is 1.14. The average Bonchev–Trinajstić information content (AvgIpc) is 2.84. The summed E-state index contributed by atoms with van der Waals surface area (Å²) in [4.78, 5) is 15.6. The van der Waals surface area contributed by atoms with Gasteiger partial charge < -0.3 is 4.90 Å². The molecule has 0 atom stereocenters. The highest BCUT2D eigenvalue weighted by Crippen LogP contribution is 2.30. The summed E-state index contributed by atoms with van der Waals surface area (Å²) in [6.07, 6.45) is 3.70. The molecule has 0 fully saturated rings. The second-order valence-electron chi connectivity index (χ2n) is 4.22. The van der Waals surface area contributed by atoms with Crippen molar-refractivity contribution in [3.8, 4) is 0 Å². The molecule has 18 heavy (non-hydrogen) atoms. The molecule has 3 heterocycles. The molecule has 0 radical (unpaired) electrons. The second kappa shape index (κ2) is 3.50. The van der Waals surface area contributed by atoms with Crippen molar-refractivity contribution in [1.29, 1.82) is 0 Å². The van der Waals surface area contributed by atoms with Gasteiger partial charge >= 0.3 is 0 Å². The Morgan fingerprint density at radius 2 is 2.00 bits per heavy atom.